The van der Waals surface area contributed by atoms with Crippen LogP contribution < -0.4 is 0 Å². The lowest BCUT2D eigenvalue weighted by molar-refractivity contribution is -0.122. The molecule has 0 radical (unpaired) electrons. The van der Waals surface area contributed by atoms with Crippen molar-refractivity contribution in [3.8, 4) is 0 Å². The lowest BCUT2D eigenvalue weighted by Gasteiger charge is -2.20. The number of hydrogen-bond donors (Lipinski definition) is 0. The number of carbonyl (C=O) groups excluding carboxylic acids is 1. The molecule has 0 unspecified atom stereocenters. The van der Waals surface area contributed by atoms with Gasteiger partial charge in [0.25, 0.3) is 0 Å². The number of ether oxygens (including phenoxy) is 1. The van der Waals surface area contributed by atoms with Gasteiger partial charge in [0, 0.05) is 17.9 Å². The molecule has 3 heteroatoms. The Bertz CT molecular complexity index is 179. The Morgan fingerprint density at radius 2 is 2.17 bits per heavy atom. The Kier molecular flexibility index (Phi) is 3.76. The predicted molar refractivity (Wildman–Crippen MR) is 48.2 cm³/mol. The standard InChI is InChI=1S/C9H13ClO2/c1-7(10)6-12-9-4-2-8(11)3-5-9/h9H,1-6H2. The van der Waals surface area contributed by atoms with Crippen LogP contribution in [0.5, 0.6) is 0 Å². The summed E-state index contributed by atoms with van der Waals surface area (Å²) in [5, 5.41) is 0.520. The maximum absolute atomic E-state index is 10.8. The van der Waals surface area contributed by atoms with Gasteiger partial charge in [0.2, 0.25) is 0 Å². The molecule has 0 aromatic rings. The van der Waals surface area contributed by atoms with Gasteiger partial charge >= 0.3 is 0 Å². The van der Waals surface area contributed by atoms with Gasteiger partial charge in [-0.1, -0.05) is 18.2 Å². The van der Waals surface area contributed by atoms with Crippen LogP contribution in [-0.4, -0.2) is 18.5 Å². The van der Waals surface area contributed by atoms with E-state index >= 15 is 0 Å². The molecule has 0 saturated heterocycles. The van der Waals surface area contributed by atoms with Crippen LogP contribution in [-0.2, 0) is 9.53 Å². The zero-order valence-electron chi connectivity index (χ0n) is 7.01. The SMILES string of the molecule is C=C(Cl)COC1CCC(=O)CC1. The Balaban J connectivity index is 2.17. The van der Waals surface area contributed by atoms with E-state index in [1.807, 2.05) is 0 Å². The summed E-state index contributed by atoms with van der Waals surface area (Å²) in [7, 11) is 0. The van der Waals surface area contributed by atoms with Crippen LogP contribution in [0.3, 0.4) is 0 Å². The van der Waals surface area contributed by atoms with E-state index < -0.39 is 0 Å². The fraction of sp³-hybridized carbons (Fsp3) is 0.667. The Labute approximate surface area is 77.5 Å². The fourth-order valence-corrected chi connectivity index (χ4v) is 1.35. The van der Waals surface area contributed by atoms with Crippen molar-refractivity contribution in [2.45, 2.75) is 31.8 Å². The molecular formula is C9H13ClO2. The summed E-state index contributed by atoms with van der Waals surface area (Å²) in [4.78, 5) is 10.8. The van der Waals surface area contributed by atoms with Gasteiger partial charge in [-0.2, -0.15) is 0 Å². The maximum atomic E-state index is 10.8. The van der Waals surface area contributed by atoms with Crippen molar-refractivity contribution in [1.82, 2.24) is 0 Å². The molecule has 0 atom stereocenters. The first-order chi connectivity index (χ1) is 5.68. The van der Waals surface area contributed by atoms with E-state index in [4.69, 9.17) is 16.3 Å². The van der Waals surface area contributed by atoms with E-state index in [1.54, 1.807) is 0 Å². The molecular weight excluding hydrogens is 176 g/mol. The summed E-state index contributed by atoms with van der Waals surface area (Å²) in [5.41, 5.74) is 0. The molecule has 2 nitrogen and oxygen atoms in total. The third-order valence-corrected chi connectivity index (χ3v) is 2.08. The molecule has 0 bridgehead atoms. The minimum Gasteiger partial charge on any atom is -0.373 e. The molecule has 0 spiro atoms. The van der Waals surface area contributed by atoms with Gasteiger partial charge in [-0.05, 0) is 12.8 Å². The van der Waals surface area contributed by atoms with E-state index in [9.17, 15) is 4.79 Å². The van der Waals surface area contributed by atoms with Crippen molar-refractivity contribution < 1.29 is 9.53 Å². The third kappa shape index (κ3) is 3.37. The van der Waals surface area contributed by atoms with Crippen LogP contribution in [0.4, 0.5) is 0 Å². The second-order valence-electron chi connectivity index (χ2n) is 3.07. The van der Waals surface area contributed by atoms with E-state index in [0.717, 1.165) is 12.8 Å². The smallest absolute Gasteiger partial charge is 0.133 e. The fourth-order valence-electron chi connectivity index (χ4n) is 1.29. The first-order valence-electron chi connectivity index (χ1n) is 4.15. The molecule has 0 aromatic heterocycles. The summed E-state index contributed by atoms with van der Waals surface area (Å²) in [6.45, 7) is 3.93. The Hall–Kier alpha value is -0.340. The van der Waals surface area contributed by atoms with Crippen LogP contribution in [0.2, 0.25) is 0 Å². The van der Waals surface area contributed by atoms with Crippen molar-refractivity contribution in [3.05, 3.63) is 11.6 Å². The van der Waals surface area contributed by atoms with Gasteiger partial charge in [0.05, 0.1) is 12.7 Å². The van der Waals surface area contributed by atoms with Crippen molar-refractivity contribution in [2.24, 2.45) is 0 Å². The molecule has 1 fully saturated rings. The van der Waals surface area contributed by atoms with Crippen LogP contribution >= 0.6 is 11.6 Å². The lowest BCUT2D eigenvalue weighted by atomic mass is 9.97. The molecule has 1 saturated carbocycles. The highest BCUT2D eigenvalue weighted by atomic mass is 35.5. The summed E-state index contributed by atoms with van der Waals surface area (Å²) in [5.74, 6) is 0.347. The minimum absolute atomic E-state index is 0.207. The highest BCUT2D eigenvalue weighted by Crippen LogP contribution is 2.18. The maximum Gasteiger partial charge on any atom is 0.133 e. The molecule has 1 rings (SSSR count). The normalized spacial score (nSPS) is 19.6. The Morgan fingerprint density at radius 1 is 1.58 bits per heavy atom. The van der Waals surface area contributed by atoms with Crippen molar-refractivity contribution in [2.75, 3.05) is 6.61 Å². The van der Waals surface area contributed by atoms with Gasteiger partial charge in [-0.25, -0.2) is 0 Å². The number of ketones is 1. The van der Waals surface area contributed by atoms with Gasteiger partial charge in [-0.3, -0.25) is 4.79 Å². The average molecular weight is 189 g/mol. The molecule has 68 valence electrons. The second-order valence-corrected chi connectivity index (χ2v) is 3.60. The predicted octanol–water partition coefficient (Wildman–Crippen LogP) is 2.27. The molecule has 12 heavy (non-hydrogen) atoms. The van der Waals surface area contributed by atoms with E-state index in [0.29, 0.717) is 30.3 Å². The average Bonchev–Trinajstić information content (AvgIpc) is 2.03. The molecule has 0 amide bonds. The molecule has 0 aromatic carbocycles. The van der Waals surface area contributed by atoms with Crippen molar-refractivity contribution in [3.63, 3.8) is 0 Å². The van der Waals surface area contributed by atoms with E-state index in [-0.39, 0.29) is 6.10 Å². The van der Waals surface area contributed by atoms with Crippen LogP contribution in [0, 0.1) is 0 Å². The van der Waals surface area contributed by atoms with Gasteiger partial charge in [-0.15, -0.1) is 0 Å². The number of hydrogen-bond acceptors (Lipinski definition) is 2. The number of carbonyl (C=O) groups is 1. The number of Topliss-reactive ketones (excluding diaryl/α,β-unsaturated/α-hetero) is 1. The van der Waals surface area contributed by atoms with Crippen LogP contribution in [0.1, 0.15) is 25.7 Å². The summed E-state index contributed by atoms with van der Waals surface area (Å²) < 4.78 is 5.41. The molecule has 0 heterocycles. The molecule has 1 aliphatic rings. The highest BCUT2D eigenvalue weighted by molar-refractivity contribution is 6.29. The van der Waals surface area contributed by atoms with Gasteiger partial charge < -0.3 is 4.74 Å². The van der Waals surface area contributed by atoms with Crippen molar-refractivity contribution >= 4 is 17.4 Å². The van der Waals surface area contributed by atoms with Gasteiger partial charge in [0.1, 0.15) is 5.78 Å². The lowest BCUT2D eigenvalue weighted by Crippen LogP contribution is -2.21. The summed E-state index contributed by atoms with van der Waals surface area (Å²) in [6, 6.07) is 0. The first-order valence-corrected chi connectivity index (χ1v) is 4.53. The minimum atomic E-state index is 0.207. The molecule has 0 N–H and O–H groups in total. The zero-order valence-corrected chi connectivity index (χ0v) is 7.77. The van der Waals surface area contributed by atoms with Crippen molar-refractivity contribution in [1.29, 1.82) is 0 Å². The first kappa shape index (κ1) is 9.75. The molecule has 0 aliphatic heterocycles. The van der Waals surface area contributed by atoms with Gasteiger partial charge in [0.15, 0.2) is 0 Å². The quantitative estimate of drug-likeness (QED) is 0.679. The summed E-state index contributed by atoms with van der Waals surface area (Å²) >= 11 is 5.54. The highest BCUT2D eigenvalue weighted by Gasteiger charge is 2.18. The monoisotopic (exact) mass is 188 g/mol. The van der Waals surface area contributed by atoms with E-state index in [1.165, 1.54) is 0 Å². The van der Waals surface area contributed by atoms with E-state index in [2.05, 4.69) is 6.58 Å². The topological polar surface area (TPSA) is 26.3 Å². The largest absolute Gasteiger partial charge is 0.373 e. The number of rotatable bonds is 3. The van der Waals surface area contributed by atoms with Crippen LogP contribution in [0.15, 0.2) is 11.6 Å². The molecule has 1 aliphatic carbocycles. The zero-order chi connectivity index (χ0) is 8.97. The Morgan fingerprint density at radius 3 is 2.67 bits per heavy atom. The third-order valence-electron chi connectivity index (χ3n) is 1.97. The second kappa shape index (κ2) is 4.63. The number of halogens is 1. The van der Waals surface area contributed by atoms with Crippen LogP contribution in [0.25, 0.3) is 0 Å². The summed E-state index contributed by atoms with van der Waals surface area (Å²) in [6.07, 6.45) is 3.18.